The van der Waals surface area contributed by atoms with Gasteiger partial charge in [-0.3, -0.25) is 15.8 Å². The van der Waals surface area contributed by atoms with Crippen LogP contribution in [-0.2, 0) is 4.74 Å². The number of anilines is 1. The summed E-state index contributed by atoms with van der Waals surface area (Å²) in [6.07, 6.45) is -3.02. The molecule has 116 valence electrons. The minimum atomic E-state index is -1.23. The van der Waals surface area contributed by atoms with Gasteiger partial charge in [-0.2, -0.15) is 5.10 Å². The Labute approximate surface area is 124 Å². The number of nitrogens with zero attached hydrogens (tertiary/aromatic N) is 3. The summed E-state index contributed by atoms with van der Waals surface area (Å²) >= 11 is 0. The average molecular weight is 320 g/mol. The first-order chi connectivity index (χ1) is 9.67. The lowest BCUT2D eigenvalue weighted by atomic mass is 10.1. The van der Waals surface area contributed by atoms with Crippen LogP contribution in [0.1, 0.15) is 11.8 Å². The van der Waals surface area contributed by atoms with Crippen LogP contribution in [-0.4, -0.2) is 65.6 Å². The third kappa shape index (κ3) is 2.41. The number of nitrogens with one attached hydrogen (secondary N) is 2. The van der Waals surface area contributed by atoms with E-state index in [1.807, 2.05) is 5.48 Å². The Bertz CT molecular complexity index is 625. The number of aromatic amines is 1. The van der Waals surface area contributed by atoms with E-state index in [1.165, 1.54) is 6.33 Å². The molecule has 0 aliphatic carbocycles. The SMILES string of the molecule is Cl.OCC1OC(c2[nH]nc3c(NO)ncnc23)C(O)C1O. The van der Waals surface area contributed by atoms with Gasteiger partial charge in [-0.05, 0) is 0 Å². The van der Waals surface area contributed by atoms with Crippen LogP contribution in [0.15, 0.2) is 6.33 Å². The predicted molar refractivity (Wildman–Crippen MR) is 71.1 cm³/mol. The monoisotopic (exact) mass is 319 g/mol. The van der Waals surface area contributed by atoms with E-state index in [2.05, 4.69) is 20.2 Å². The number of aromatic nitrogens is 4. The lowest BCUT2D eigenvalue weighted by molar-refractivity contribution is -0.0236. The van der Waals surface area contributed by atoms with Crippen molar-refractivity contribution < 1.29 is 25.3 Å². The summed E-state index contributed by atoms with van der Waals surface area (Å²) in [5.41, 5.74) is 2.83. The largest absolute Gasteiger partial charge is 0.394 e. The van der Waals surface area contributed by atoms with Crippen molar-refractivity contribution in [3.05, 3.63) is 12.0 Å². The van der Waals surface area contributed by atoms with Gasteiger partial charge in [0, 0.05) is 0 Å². The van der Waals surface area contributed by atoms with E-state index in [9.17, 15) is 10.2 Å². The summed E-state index contributed by atoms with van der Waals surface area (Å²) in [6, 6.07) is 0. The Kier molecular flexibility index (Phi) is 4.56. The van der Waals surface area contributed by atoms with Crippen LogP contribution in [0.25, 0.3) is 11.0 Å². The third-order valence-electron chi connectivity index (χ3n) is 3.30. The van der Waals surface area contributed by atoms with Crippen molar-refractivity contribution in [2.24, 2.45) is 0 Å². The second kappa shape index (κ2) is 6.05. The van der Waals surface area contributed by atoms with Crippen molar-refractivity contribution in [1.29, 1.82) is 0 Å². The smallest absolute Gasteiger partial charge is 0.181 e. The van der Waals surface area contributed by atoms with Crippen LogP contribution < -0.4 is 5.48 Å². The quantitative estimate of drug-likeness (QED) is 0.379. The molecule has 10 nitrogen and oxygen atoms in total. The molecule has 4 unspecified atom stereocenters. The van der Waals surface area contributed by atoms with E-state index in [-0.39, 0.29) is 23.7 Å². The molecule has 4 atom stereocenters. The summed E-state index contributed by atoms with van der Waals surface area (Å²) < 4.78 is 5.40. The standard InChI is InChI=1S/C10H13N5O5.ClH/c16-1-3-7(17)8(18)9(20-3)5-4-6(14-13-5)10(15-19)12-2-11-4;/h2-3,7-9,16-19H,1H2,(H,13,14)(H,11,12,15);1H. The Balaban J connectivity index is 0.00000161. The normalized spacial score (nSPS) is 28.6. The molecule has 0 saturated carbocycles. The first-order valence-electron chi connectivity index (χ1n) is 5.89. The first-order valence-corrected chi connectivity index (χ1v) is 5.89. The van der Waals surface area contributed by atoms with Gasteiger partial charge >= 0.3 is 0 Å². The van der Waals surface area contributed by atoms with Crippen LogP contribution >= 0.6 is 12.4 Å². The Morgan fingerprint density at radius 3 is 2.62 bits per heavy atom. The van der Waals surface area contributed by atoms with E-state index in [1.54, 1.807) is 0 Å². The summed E-state index contributed by atoms with van der Waals surface area (Å²) in [5, 5.41) is 44.3. The molecule has 1 aliphatic rings. The van der Waals surface area contributed by atoms with Crippen molar-refractivity contribution in [2.75, 3.05) is 12.1 Å². The number of rotatable bonds is 3. The molecule has 0 radical (unpaired) electrons. The first kappa shape index (κ1) is 15.8. The van der Waals surface area contributed by atoms with Crippen LogP contribution in [0.3, 0.4) is 0 Å². The zero-order chi connectivity index (χ0) is 14.3. The number of H-pyrrole nitrogens is 1. The predicted octanol–water partition coefficient (Wildman–Crippen LogP) is -1.27. The number of hydrogen-bond acceptors (Lipinski definition) is 9. The molecular weight excluding hydrogens is 306 g/mol. The van der Waals surface area contributed by atoms with Gasteiger partial charge in [0.1, 0.15) is 36.3 Å². The summed E-state index contributed by atoms with van der Waals surface area (Å²) in [5.74, 6) is 0.101. The fraction of sp³-hybridized carbons (Fsp3) is 0.500. The van der Waals surface area contributed by atoms with E-state index in [0.717, 1.165) is 0 Å². The molecule has 11 heteroatoms. The molecule has 0 bridgehead atoms. The molecule has 0 aromatic carbocycles. The van der Waals surface area contributed by atoms with E-state index < -0.39 is 31.0 Å². The summed E-state index contributed by atoms with van der Waals surface area (Å²) in [4.78, 5) is 7.80. The van der Waals surface area contributed by atoms with Gasteiger partial charge in [-0.15, -0.1) is 12.4 Å². The van der Waals surface area contributed by atoms with Gasteiger partial charge in [0.25, 0.3) is 0 Å². The molecule has 21 heavy (non-hydrogen) atoms. The van der Waals surface area contributed by atoms with Crippen molar-refractivity contribution in [1.82, 2.24) is 20.2 Å². The molecule has 1 saturated heterocycles. The topological polar surface area (TPSA) is 157 Å². The lowest BCUT2D eigenvalue weighted by Gasteiger charge is -2.12. The minimum Gasteiger partial charge on any atom is -0.394 e. The number of hydrogen-bond donors (Lipinski definition) is 6. The van der Waals surface area contributed by atoms with Crippen molar-refractivity contribution in [3.8, 4) is 0 Å². The highest BCUT2D eigenvalue weighted by molar-refractivity contribution is 5.86. The number of aliphatic hydroxyl groups is 3. The molecule has 0 spiro atoms. The molecule has 3 heterocycles. The number of aliphatic hydroxyl groups excluding tert-OH is 3. The van der Waals surface area contributed by atoms with Crippen molar-refractivity contribution in [2.45, 2.75) is 24.4 Å². The van der Waals surface area contributed by atoms with Gasteiger partial charge in [0.15, 0.2) is 11.3 Å². The number of halogens is 1. The van der Waals surface area contributed by atoms with Gasteiger partial charge in [0.2, 0.25) is 0 Å². The van der Waals surface area contributed by atoms with E-state index >= 15 is 0 Å². The molecule has 3 rings (SSSR count). The highest BCUT2D eigenvalue weighted by Crippen LogP contribution is 2.35. The highest BCUT2D eigenvalue weighted by Gasteiger charge is 2.44. The Hall–Kier alpha value is -1.56. The molecule has 1 fully saturated rings. The zero-order valence-corrected chi connectivity index (χ0v) is 11.4. The van der Waals surface area contributed by atoms with Crippen molar-refractivity contribution in [3.63, 3.8) is 0 Å². The second-order valence-electron chi connectivity index (χ2n) is 4.43. The summed E-state index contributed by atoms with van der Waals surface area (Å²) in [7, 11) is 0. The van der Waals surface area contributed by atoms with Crippen LogP contribution in [0, 0.1) is 0 Å². The van der Waals surface area contributed by atoms with Crippen LogP contribution in [0.5, 0.6) is 0 Å². The molecule has 1 aliphatic heterocycles. The summed E-state index contributed by atoms with van der Waals surface area (Å²) in [6.45, 7) is -0.417. The zero-order valence-electron chi connectivity index (χ0n) is 10.5. The molecule has 6 N–H and O–H groups in total. The van der Waals surface area contributed by atoms with E-state index in [4.69, 9.17) is 15.1 Å². The van der Waals surface area contributed by atoms with E-state index in [0.29, 0.717) is 11.2 Å². The van der Waals surface area contributed by atoms with Gasteiger partial charge in [-0.25, -0.2) is 9.97 Å². The molecule has 0 amide bonds. The second-order valence-corrected chi connectivity index (χ2v) is 4.43. The fourth-order valence-corrected chi connectivity index (χ4v) is 2.27. The maximum atomic E-state index is 9.97. The minimum absolute atomic E-state index is 0. The average Bonchev–Trinajstić information content (AvgIpc) is 3.01. The third-order valence-corrected chi connectivity index (χ3v) is 3.30. The highest BCUT2D eigenvalue weighted by atomic mass is 35.5. The van der Waals surface area contributed by atoms with Crippen LogP contribution in [0.2, 0.25) is 0 Å². The van der Waals surface area contributed by atoms with Gasteiger partial charge in [0.05, 0.1) is 12.3 Å². The number of fused-ring (bicyclic) bond motifs is 1. The number of ether oxygens (including phenoxy) is 1. The lowest BCUT2D eigenvalue weighted by Crippen LogP contribution is -2.32. The maximum Gasteiger partial charge on any atom is 0.181 e. The molecule has 2 aromatic rings. The molecule has 2 aromatic heterocycles. The molecular formula is C10H14ClN5O5. The van der Waals surface area contributed by atoms with Gasteiger partial charge < -0.3 is 20.1 Å². The fourth-order valence-electron chi connectivity index (χ4n) is 2.27. The Morgan fingerprint density at radius 1 is 1.24 bits per heavy atom. The van der Waals surface area contributed by atoms with Crippen LogP contribution in [0.4, 0.5) is 5.82 Å². The maximum absolute atomic E-state index is 9.97. The van der Waals surface area contributed by atoms with Crippen molar-refractivity contribution >= 4 is 29.3 Å². The Morgan fingerprint density at radius 2 is 2.00 bits per heavy atom. The van der Waals surface area contributed by atoms with Gasteiger partial charge in [-0.1, -0.05) is 0 Å².